The lowest BCUT2D eigenvalue weighted by molar-refractivity contribution is 0.277. The first-order valence-electron chi connectivity index (χ1n) is 5.95. The summed E-state index contributed by atoms with van der Waals surface area (Å²) < 4.78 is 39.8. The van der Waals surface area contributed by atoms with E-state index < -0.39 is 22.4 Å². The van der Waals surface area contributed by atoms with Crippen molar-refractivity contribution in [2.24, 2.45) is 0 Å². The first-order chi connectivity index (χ1) is 8.96. The Labute approximate surface area is 116 Å². The van der Waals surface area contributed by atoms with Gasteiger partial charge in [0.2, 0.25) is 10.0 Å². The molecule has 0 aromatic heterocycles. The lowest BCUT2D eigenvalue weighted by atomic mass is 10.2. The maximum Gasteiger partial charge on any atom is 0.243 e. The molecule has 1 saturated heterocycles. The van der Waals surface area contributed by atoms with Crippen LogP contribution in [0, 0.1) is 5.82 Å². The molecule has 1 aliphatic rings. The van der Waals surface area contributed by atoms with Gasteiger partial charge >= 0.3 is 0 Å². The number of nitrogens with zero attached hydrogens (tertiary/aromatic N) is 1. The van der Waals surface area contributed by atoms with Crippen molar-refractivity contribution < 1.29 is 17.9 Å². The highest BCUT2D eigenvalue weighted by Crippen LogP contribution is 2.27. The van der Waals surface area contributed by atoms with E-state index >= 15 is 0 Å². The quantitative estimate of drug-likeness (QED) is 0.918. The topological polar surface area (TPSA) is 57.6 Å². The molecule has 1 aromatic rings. The third-order valence-electron chi connectivity index (χ3n) is 3.09. The Morgan fingerprint density at radius 1 is 1.53 bits per heavy atom. The number of benzene rings is 1. The lowest BCUT2D eigenvalue weighted by Crippen LogP contribution is -2.44. The predicted molar refractivity (Wildman–Crippen MR) is 73.0 cm³/mol. The van der Waals surface area contributed by atoms with Gasteiger partial charge in [0.1, 0.15) is 5.82 Å². The standard InChI is InChI=1S/C12H16FNO3S2/c1-9-8-18-5-4-14(9)19(16,17)12-6-11(13)3-2-10(12)7-15/h2-3,6,9,15H,4-5,7-8H2,1H3. The smallest absolute Gasteiger partial charge is 0.243 e. The average Bonchev–Trinajstić information content (AvgIpc) is 2.39. The fraction of sp³-hybridized carbons (Fsp3) is 0.500. The first kappa shape index (κ1) is 14.8. The zero-order chi connectivity index (χ0) is 14.0. The molecule has 0 bridgehead atoms. The number of hydrogen-bond donors (Lipinski definition) is 1. The molecule has 0 aliphatic carbocycles. The third kappa shape index (κ3) is 2.94. The molecule has 4 nitrogen and oxygen atoms in total. The number of thioether (sulfide) groups is 1. The summed E-state index contributed by atoms with van der Waals surface area (Å²) in [6.07, 6.45) is 0. The summed E-state index contributed by atoms with van der Waals surface area (Å²) in [5, 5.41) is 9.23. The molecular formula is C12H16FNO3S2. The van der Waals surface area contributed by atoms with E-state index in [1.165, 1.54) is 10.4 Å². The molecule has 0 amide bonds. The Hall–Kier alpha value is -0.630. The van der Waals surface area contributed by atoms with Gasteiger partial charge in [-0.2, -0.15) is 16.1 Å². The van der Waals surface area contributed by atoms with Gasteiger partial charge in [-0.05, 0) is 24.6 Å². The Balaban J connectivity index is 2.46. The van der Waals surface area contributed by atoms with Crippen LogP contribution in [0.4, 0.5) is 4.39 Å². The highest BCUT2D eigenvalue weighted by molar-refractivity contribution is 7.99. The molecule has 0 radical (unpaired) electrons. The van der Waals surface area contributed by atoms with Crippen molar-refractivity contribution in [2.75, 3.05) is 18.1 Å². The van der Waals surface area contributed by atoms with E-state index in [9.17, 15) is 17.9 Å². The van der Waals surface area contributed by atoms with Gasteiger partial charge in [0.05, 0.1) is 11.5 Å². The van der Waals surface area contributed by atoms with Crippen LogP contribution in [0.25, 0.3) is 0 Å². The second kappa shape index (κ2) is 5.78. The van der Waals surface area contributed by atoms with Crippen molar-refractivity contribution in [1.82, 2.24) is 4.31 Å². The Bertz CT molecular complexity index is 562. The molecule has 0 saturated carbocycles. The van der Waals surface area contributed by atoms with E-state index in [1.807, 2.05) is 6.92 Å². The molecule has 1 heterocycles. The molecule has 1 fully saturated rings. The van der Waals surface area contributed by atoms with Crippen molar-refractivity contribution in [3.63, 3.8) is 0 Å². The van der Waals surface area contributed by atoms with Crippen LogP contribution in [0.1, 0.15) is 12.5 Å². The highest BCUT2D eigenvalue weighted by Gasteiger charge is 2.32. The number of halogens is 1. The van der Waals surface area contributed by atoms with Crippen LogP contribution in [0.3, 0.4) is 0 Å². The normalized spacial score (nSPS) is 21.5. The van der Waals surface area contributed by atoms with Crippen LogP contribution < -0.4 is 0 Å². The molecule has 7 heteroatoms. The van der Waals surface area contributed by atoms with E-state index in [0.717, 1.165) is 23.6 Å². The number of aliphatic hydroxyl groups excluding tert-OH is 1. The third-order valence-corrected chi connectivity index (χ3v) is 6.38. The van der Waals surface area contributed by atoms with Crippen molar-refractivity contribution >= 4 is 21.8 Å². The van der Waals surface area contributed by atoms with Gasteiger partial charge in [-0.3, -0.25) is 0 Å². The SMILES string of the molecule is CC1CSCCN1S(=O)(=O)c1cc(F)ccc1CO. The van der Waals surface area contributed by atoms with E-state index in [4.69, 9.17) is 0 Å². The largest absolute Gasteiger partial charge is 0.392 e. The number of sulfonamides is 1. The summed E-state index contributed by atoms with van der Waals surface area (Å²) in [7, 11) is -3.76. The van der Waals surface area contributed by atoms with Crippen LogP contribution in [0.15, 0.2) is 23.1 Å². The predicted octanol–water partition coefficient (Wildman–Crippen LogP) is 1.44. The molecule has 2 rings (SSSR count). The molecule has 1 aliphatic heterocycles. The fourth-order valence-corrected chi connectivity index (χ4v) is 5.18. The van der Waals surface area contributed by atoms with Crippen LogP contribution >= 0.6 is 11.8 Å². The molecule has 106 valence electrons. The Morgan fingerprint density at radius 2 is 2.26 bits per heavy atom. The second-order valence-corrected chi connectivity index (χ2v) is 7.46. The zero-order valence-corrected chi connectivity index (χ0v) is 12.2. The zero-order valence-electron chi connectivity index (χ0n) is 10.5. The van der Waals surface area contributed by atoms with E-state index in [1.54, 1.807) is 11.8 Å². The van der Waals surface area contributed by atoms with E-state index in [0.29, 0.717) is 6.54 Å². The maximum absolute atomic E-state index is 13.3. The molecule has 1 atom stereocenters. The number of hydrogen-bond acceptors (Lipinski definition) is 4. The minimum atomic E-state index is -3.76. The molecule has 19 heavy (non-hydrogen) atoms. The van der Waals surface area contributed by atoms with Crippen molar-refractivity contribution in [1.29, 1.82) is 0 Å². The summed E-state index contributed by atoms with van der Waals surface area (Å²) in [5.41, 5.74) is 0.229. The van der Waals surface area contributed by atoms with Crippen molar-refractivity contribution in [3.8, 4) is 0 Å². The second-order valence-electron chi connectivity index (χ2n) is 4.45. The minimum Gasteiger partial charge on any atom is -0.392 e. The monoisotopic (exact) mass is 305 g/mol. The fourth-order valence-electron chi connectivity index (χ4n) is 2.09. The number of rotatable bonds is 3. The maximum atomic E-state index is 13.3. The van der Waals surface area contributed by atoms with Gasteiger partial charge in [-0.1, -0.05) is 6.07 Å². The molecule has 1 N–H and O–H groups in total. The van der Waals surface area contributed by atoms with Crippen LogP contribution in [0.2, 0.25) is 0 Å². The van der Waals surface area contributed by atoms with E-state index in [2.05, 4.69) is 0 Å². The van der Waals surface area contributed by atoms with Gasteiger partial charge in [-0.15, -0.1) is 0 Å². The van der Waals surface area contributed by atoms with Crippen molar-refractivity contribution in [3.05, 3.63) is 29.6 Å². The van der Waals surface area contributed by atoms with E-state index in [-0.39, 0.29) is 16.5 Å². The molecule has 1 aromatic carbocycles. The minimum absolute atomic E-state index is 0.126. The molecule has 1 unspecified atom stereocenters. The van der Waals surface area contributed by atoms with Gasteiger partial charge in [0.15, 0.2) is 0 Å². The van der Waals surface area contributed by atoms with Gasteiger partial charge in [0, 0.05) is 24.1 Å². The number of aliphatic hydroxyl groups is 1. The molecular weight excluding hydrogens is 289 g/mol. The van der Waals surface area contributed by atoms with Crippen LogP contribution in [-0.4, -0.2) is 41.9 Å². The Kier molecular flexibility index (Phi) is 4.50. The summed E-state index contributed by atoms with van der Waals surface area (Å²) >= 11 is 1.70. The lowest BCUT2D eigenvalue weighted by Gasteiger charge is -2.32. The summed E-state index contributed by atoms with van der Waals surface area (Å²) in [5.74, 6) is 0.839. The summed E-state index contributed by atoms with van der Waals surface area (Å²) in [4.78, 5) is -0.131. The summed E-state index contributed by atoms with van der Waals surface area (Å²) in [6.45, 7) is 1.82. The summed E-state index contributed by atoms with van der Waals surface area (Å²) in [6, 6.07) is 3.32. The molecule has 0 spiro atoms. The van der Waals surface area contributed by atoms with Gasteiger partial charge in [-0.25, -0.2) is 12.8 Å². The highest BCUT2D eigenvalue weighted by atomic mass is 32.2. The average molecular weight is 305 g/mol. The van der Waals surface area contributed by atoms with Gasteiger partial charge < -0.3 is 5.11 Å². The Morgan fingerprint density at radius 3 is 2.89 bits per heavy atom. The van der Waals surface area contributed by atoms with Crippen LogP contribution in [-0.2, 0) is 16.6 Å². The van der Waals surface area contributed by atoms with Gasteiger partial charge in [0.25, 0.3) is 0 Å². The first-order valence-corrected chi connectivity index (χ1v) is 8.55. The van der Waals surface area contributed by atoms with Crippen LogP contribution in [0.5, 0.6) is 0 Å². The van der Waals surface area contributed by atoms with Crippen molar-refractivity contribution in [2.45, 2.75) is 24.5 Å².